The number of aliphatic carboxylic acids is 1. The second-order valence-corrected chi connectivity index (χ2v) is 4.80. The van der Waals surface area contributed by atoms with E-state index in [4.69, 9.17) is 5.11 Å². The van der Waals surface area contributed by atoms with Crippen LogP contribution in [0.4, 0.5) is 4.79 Å². The van der Waals surface area contributed by atoms with Gasteiger partial charge in [-0.3, -0.25) is 9.59 Å². The first kappa shape index (κ1) is 14.3. The van der Waals surface area contributed by atoms with Crippen LogP contribution in [0, 0.1) is 5.92 Å². The Kier molecular flexibility index (Phi) is 4.52. The van der Waals surface area contributed by atoms with E-state index >= 15 is 0 Å². The van der Waals surface area contributed by atoms with Gasteiger partial charge >= 0.3 is 12.0 Å². The topological polar surface area (TPSA) is 90.0 Å². The van der Waals surface area contributed by atoms with Gasteiger partial charge in [-0.05, 0) is 13.8 Å². The highest BCUT2D eigenvalue weighted by atomic mass is 16.4. The zero-order valence-corrected chi connectivity index (χ0v) is 10.8. The lowest BCUT2D eigenvalue weighted by Gasteiger charge is -2.38. The summed E-state index contributed by atoms with van der Waals surface area (Å²) in [7, 11) is 1.52. The first-order valence-corrected chi connectivity index (χ1v) is 5.83. The molecule has 0 atom stereocenters. The smallest absolute Gasteiger partial charge is 0.320 e. The molecule has 1 rings (SSSR count). The minimum absolute atomic E-state index is 0.0226. The number of nitrogens with one attached hydrogen (secondary N) is 1. The number of nitrogens with zero attached hydrogens (tertiary/aromatic N) is 2. The quantitative estimate of drug-likeness (QED) is 0.715. The summed E-state index contributed by atoms with van der Waals surface area (Å²) in [6.45, 7) is 4.08. The number of hydrogen-bond acceptors (Lipinski definition) is 3. The molecule has 7 nitrogen and oxygen atoms in total. The van der Waals surface area contributed by atoms with Crippen molar-refractivity contribution in [2.45, 2.75) is 19.9 Å². The molecule has 3 amide bonds. The molecule has 1 aliphatic rings. The molecule has 1 fully saturated rings. The van der Waals surface area contributed by atoms with Gasteiger partial charge in [0.15, 0.2) is 0 Å². The van der Waals surface area contributed by atoms with Crippen LogP contribution in [-0.2, 0) is 9.59 Å². The third-order valence-corrected chi connectivity index (χ3v) is 2.66. The van der Waals surface area contributed by atoms with E-state index in [1.54, 1.807) is 0 Å². The maximum absolute atomic E-state index is 11.8. The molecule has 1 saturated heterocycles. The van der Waals surface area contributed by atoms with E-state index in [-0.39, 0.29) is 37.6 Å². The second kappa shape index (κ2) is 5.70. The average Bonchev–Trinajstić information content (AvgIpc) is 2.12. The highest BCUT2D eigenvalue weighted by Gasteiger charge is 2.37. The zero-order valence-electron chi connectivity index (χ0n) is 10.8. The first-order valence-electron chi connectivity index (χ1n) is 5.83. The molecule has 0 saturated carbocycles. The van der Waals surface area contributed by atoms with Crippen LogP contribution in [0.3, 0.4) is 0 Å². The molecule has 0 aromatic heterocycles. The Morgan fingerprint density at radius 2 is 1.94 bits per heavy atom. The number of amides is 3. The molecule has 0 radical (unpaired) electrons. The summed E-state index contributed by atoms with van der Waals surface area (Å²) < 4.78 is 0. The van der Waals surface area contributed by atoms with E-state index in [1.165, 1.54) is 16.8 Å². The lowest BCUT2D eigenvalue weighted by Crippen LogP contribution is -2.57. The predicted molar refractivity (Wildman–Crippen MR) is 64.0 cm³/mol. The van der Waals surface area contributed by atoms with Crippen LogP contribution >= 0.6 is 0 Å². The monoisotopic (exact) mass is 257 g/mol. The van der Waals surface area contributed by atoms with Crippen LogP contribution in [0.5, 0.6) is 0 Å². The van der Waals surface area contributed by atoms with Gasteiger partial charge in [0.25, 0.3) is 0 Å². The van der Waals surface area contributed by atoms with Crippen LogP contribution in [0.15, 0.2) is 0 Å². The van der Waals surface area contributed by atoms with Gasteiger partial charge in [-0.15, -0.1) is 0 Å². The third kappa shape index (κ3) is 3.61. The van der Waals surface area contributed by atoms with Gasteiger partial charge in [0, 0.05) is 26.2 Å². The Bertz CT molecular complexity index is 350. The Morgan fingerprint density at radius 3 is 2.39 bits per heavy atom. The summed E-state index contributed by atoms with van der Waals surface area (Å²) in [6.07, 6.45) is 0. The van der Waals surface area contributed by atoms with Crippen LogP contribution in [0.1, 0.15) is 13.8 Å². The summed E-state index contributed by atoms with van der Waals surface area (Å²) in [5.41, 5.74) is 0. The van der Waals surface area contributed by atoms with E-state index in [2.05, 4.69) is 5.32 Å². The highest BCUT2D eigenvalue weighted by Crippen LogP contribution is 2.16. The van der Waals surface area contributed by atoms with Gasteiger partial charge in [0.05, 0.1) is 5.92 Å². The standard InChI is InChI=1S/C11H19N3O4/c1-7(2)12-9(15)6-13(3)11(18)14-4-8(5-14)10(16)17/h7-8H,4-6H2,1-3H3,(H,12,15)(H,16,17). The summed E-state index contributed by atoms with van der Waals surface area (Å²) in [6, 6.07) is -0.284. The number of carboxylic acid groups (broad SMARTS) is 1. The van der Waals surface area contributed by atoms with Gasteiger partial charge in [-0.25, -0.2) is 4.79 Å². The van der Waals surface area contributed by atoms with Gasteiger partial charge in [0.2, 0.25) is 5.91 Å². The average molecular weight is 257 g/mol. The summed E-state index contributed by atoms with van der Waals surface area (Å²) in [5, 5.41) is 11.4. The number of likely N-dealkylation sites (N-methyl/N-ethyl adjacent to an activating group) is 1. The number of likely N-dealkylation sites (tertiary alicyclic amines) is 1. The van der Waals surface area contributed by atoms with Gasteiger partial charge in [-0.2, -0.15) is 0 Å². The Labute approximate surface area is 106 Å². The maximum atomic E-state index is 11.8. The number of carboxylic acids is 1. The molecule has 0 aromatic carbocycles. The normalized spacial score (nSPS) is 15.2. The minimum atomic E-state index is -0.890. The van der Waals surface area contributed by atoms with Crippen LogP contribution in [-0.4, -0.2) is 65.5 Å². The van der Waals surface area contributed by atoms with E-state index < -0.39 is 11.9 Å². The van der Waals surface area contributed by atoms with Crippen molar-refractivity contribution < 1.29 is 19.5 Å². The van der Waals surface area contributed by atoms with Crippen molar-refractivity contribution in [3.05, 3.63) is 0 Å². The van der Waals surface area contributed by atoms with Gasteiger partial charge in [-0.1, -0.05) is 0 Å². The van der Waals surface area contributed by atoms with Crippen molar-refractivity contribution in [1.82, 2.24) is 15.1 Å². The highest BCUT2D eigenvalue weighted by molar-refractivity contribution is 5.85. The van der Waals surface area contributed by atoms with Crippen LogP contribution in [0.25, 0.3) is 0 Å². The minimum Gasteiger partial charge on any atom is -0.481 e. The third-order valence-electron chi connectivity index (χ3n) is 2.66. The fourth-order valence-electron chi connectivity index (χ4n) is 1.68. The van der Waals surface area contributed by atoms with Crippen molar-refractivity contribution >= 4 is 17.9 Å². The molecule has 1 aliphatic heterocycles. The number of rotatable bonds is 4. The Hall–Kier alpha value is -1.79. The lowest BCUT2D eigenvalue weighted by molar-refractivity contribution is -0.146. The van der Waals surface area contributed by atoms with E-state index in [9.17, 15) is 14.4 Å². The number of hydrogen-bond donors (Lipinski definition) is 2. The van der Waals surface area contributed by atoms with Gasteiger partial charge < -0.3 is 20.2 Å². The molecular formula is C11H19N3O4. The number of carbonyl (C=O) groups is 3. The van der Waals surface area contributed by atoms with Crippen molar-refractivity contribution in [3.8, 4) is 0 Å². The van der Waals surface area contributed by atoms with Crippen molar-refractivity contribution in [2.24, 2.45) is 5.92 Å². The largest absolute Gasteiger partial charge is 0.481 e. The molecule has 0 bridgehead atoms. The zero-order chi connectivity index (χ0) is 13.9. The van der Waals surface area contributed by atoms with E-state index in [0.29, 0.717) is 0 Å². The molecule has 102 valence electrons. The van der Waals surface area contributed by atoms with E-state index in [0.717, 1.165) is 0 Å². The fraction of sp³-hybridized carbons (Fsp3) is 0.727. The summed E-state index contributed by atoms with van der Waals surface area (Å²) in [4.78, 5) is 36.6. The molecule has 1 heterocycles. The summed E-state index contributed by atoms with van der Waals surface area (Å²) in [5.74, 6) is -1.60. The van der Waals surface area contributed by atoms with Crippen LogP contribution < -0.4 is 5.32 Å². The summed E-state index contributed by atoms with van der Waals surface area (Å²) >= 11 is 0. The molecule has 0 unspecified atom stereocenters. The fourth-order valence-corrected chi connectivity index (χ4v) is 1.68. The van der Waals surface area contributed by atoms with Crippen LogP contribution in [0.2, 0.25) is 0 Å². The van der Waals surface area contributed by atoms with Crippen molar-refractivity contribution in [1.29, 1.82) is 0 Å². The maximum Gasteiger partial charge on any atom is 0.320 e. The molecule has 18 heavy (non-hydrogen) atoms. The first-order chi connectivity index (χ1) is 8.31. The molecule has 0 aliphatic carbocycles. The molecule has 0 aromatic rings. The molecule has 7 heteroatoms. The molecule has 2 N–H and O–H groups in total. The van der Waals surface area contributed by atoms with E-state index in [1.807, 2.05) is 13.8 Å². The molecule has 0 spiro atoms. The predicted octanol–water partition coefficient (Wildman–Crippen LogP) is -0.421. The molecular weight excluding hydrogens is 238 g/mol. The second-order valence-electron chi connectivity index (χ2n) is 4.80. The van der Waals surface area contributed by atoms with Crippen molar-refractivity contribution in [2.75, 3.05) is 26.7 Å². The Balaban J connectivity index is 2.35. The van der Waals surface area contributed by atoms with Gasteiger partial charge in [0.1, 0.15) is 6.54 Å². The number of urea groups is 1. The Morgan fingerprint density at radius 1 is 1.39 bits per heavy atom. The SMILES string of the molecule is CC(C)NC(=O)CN(C)C(=O)N1CC(C(=O)O)C1. The lowest BCUT2D eigenvalue weighted by atomic mass is 10.0. The van der Waals surface area contributed by atoms with Crippen molar-refractivity contribution in [3.63, 3.8) is 0 Å². The number of carbonyl (C=O) groups excluding carboxylic acids is 2.